The number of hydrogen-bond acceptors (Lipinski definition) is 6. The maximum Gasteiger partial charge on any atom is 0.139 e. The second-order valence-corrected chi connectivity index (χ2v) is 8.70. The molecule has 0 aliphatic rings. The minimum atomic E-state index is 0.796. The van der Waals surface area contributed by atoms with Crippen LogP contribution in [0.15, 0.2) is 61.6 Å². The monoisotopic (exact) mass is 449 g/mol. The fraction of sp³-hybridized carbons (Fsp3) is 0.160. The fourth-order valence-electron chi connectivity index (χ4n) is 4.28. The van der Waals surface area contributed by atoms with Crippen LogP contribution in [0.2, 0.25) is 0 Å². The standard InChI is InChI=1S/C25H23N9/c1-15-12-34(14-29-15)23-4-5-27-25-19(23)8-21(30-25)24-18-7-20(28-11-22(18)31-32-24)17-6-16(9-26-10-17)13-33(2)3/h4-12,14H,13H2,1-3H3,(H,27,30)(H,31,32). The Bertz CT molecular complexity index is 1640. The Morgan fingerprint density at radius 2 is 1.91 bits per heavy atom. The normalized spacial score (nSPS) is 11.8. The maximum absolute atomic E-state index is 4.65. The molecule has 2 N–H and O–H groups in total. The number of nitrogens with one attached hydrogen (secondary N) is 2. The van der Waals surface area contributed by atoms with E-state index in [1.807, 2.05) is 62.8 Å². The molecule has 0 saturated heterocycles. The van der Waals surface area contributed by atoms with Crippen LogP contribution in [0.5, 0.6) is 0 Å². The van der Waals surface area contributed by atoms with Crippen LogP contribution in [-0.2, 0) is 6.54 Å². The fourth-order valence-corrected chi connectivity index (χ4v) is 4.28. The first kappa shape index (κ1) is 20.3. The van der Waals surface area contributed by atoms with E-state index in [1.165, 1.54) is 0 Å². The molecule has 6 aromatic heterocycles. The van der Waals surface area contributed by atoms with Gasteiger partial charge in [-0.2, -0.15) is 5.10 Å². The summed E-state index contributed by atoms with van der Waals surface area (Å²) < 4.78 is 2.01. The van der Waals surface area contributed by atoms with Crippen molar-refractivity contribution in [3.8, 4) is 28.3 Å². The molecule has 0 aliphatic heterocycles. The predicted octanol–water partition coefficient (Wildman–Crippen LogP) is 4.12. The summed E-state index contributed by atoms with van der Waals surface area (Å²) in [4.78, 5) is 23.5. The van der Waals surface area contributed by atoms with E-state index in [9.17, 15) is 0 Å². The van der Waals surface area contributed by atoms with Gasteiger partial charge < -0.3 is 14.5 Å². The largest absolute Gasteiger partial charge is 0.338 e. The molecule has 9 nitrogen and oxygen atoms in total. The van der Waals surface area contributed by atoms with Crippen LogP contribution >= 0.6 is 0 Å². The number of rotatable bonds is 5. The Morgan fingerprint density at radius 3 is 2.74 bits per heavy atom. The van der Waals surface area contributed by atoms with E-state index in [-0.39, 0.29) is 0 Å². The summed E-state index contributed by atoms with van der Waals surface area (Å²) in [6.07, 6.45) is 11.2. The Kier molecular flexibility index (Phi) is 4.70. The molecule has 34 heavy (non-hydrogen) atoms. The first-order chi connectivity index (χ1) is 16.5. The highest BCUT2D eigenvalue weighted by molar-refractivity contribution is 5.97. The number of H-pyrrole nitrogens is 2. The van der Waals surface area contributed by atoms with Gasteiger partial charge in [-0.1, -0.05) is 0 Å². The molecule has 0 fully saturated rings. The third kappa shape index (κ3) is 3.52. The lowest BCUT2D eigenvalue weighted by molar-refractivity contribution is 0.402. The Balaban J connectivity index is 1.45. The van der Waals surface area contributed by atoms with Crippen molar-refractivity contribution in [3.63, 3.8) is 0 Å². The summed E-state index contributed by atoms with van der Waals surface area (Å²) in [5, 5.41) is 9.68. The van der Waals surface area contributed by atoms with Crippen molar-refractivity contribution in [3.05, 3.63) is 72.8 Å². The molecule has 6 aromatic rings. The van der Waals surface area contributed by atoms with Crippen molar-refractivity contribution in [2.24, 2.45) is 0 Å². The summed E-state index contributed by atoms with van der Waals surface area (Å²) in [5.41, 5.74) is 8.31. The number of fused-ring (bicyclic) bond motifs is 2. The smallest absolute Gasteiger partial charge is 0.139 e. The van der Waals surface area contributed by atoms with E-state index in [2.05, 4.69) is 58.2 Å². The van der Waals surface area contributed by atoms with Crippen molar-refractivity contribution in [1.29, 1.82) is 0 Å². The Hall–Kier alpha value is -4.37. The summed E-state index contributed by atoms with van der Waals surface area (Å²) in [6.45, 7) is 2.80. The highest BCUT2D eigenvalue weighted by atomic mass is 15.1. The van der Waals surface area contributed by atoms with E-state index in [0.717, 1.165) is 68.1 Å². The van der Waals surface area contributed by atoms with Crippen LogP contribution in [0.25, 0.3) is 50.3 Å². The molecule has 0 amide bonds. The average Bonchev–Trinajstić information content (AvgIpc) is 3.55. The molecular formula is C25H23N9. The van der Waals surface area contributed by atoms with E-state index < -0.39 is 0 Å². The second kappa shape index (κ2) is 7.89. The zero-order valence-corrected chi connectivity index (χ0v) is 19.1. The van der Waals surface area contributed by atoms with Gasteiger partial charge in [-0.15, -0.1) is 0 Å². The molecule has 0 unspecified atom stereocenters. The Labute approximate surface area is 195 Å². The van der Waals surface area contributed by atoms with Crippen LogP contribution in [0, 0.1) is 6.92 Å². The van der Waals surface area contributed by atoms with Crippen LogP contribution in [0.3, 0.4) is 0 Å². The molecule has 0 spiro atoms. The van der Waals surface area contributed by atoms with Crippen molar-refractivity contribution < 1.29 is 0 Å². The number of aryl methyl sites for hydroxylation is 1. The van der Waals surface area contributed by atoms with Gasteiger partial charge in [0.05, 0.1) is 40.8 Å². The van der Waals surface area contributed by atoms with E-state index in [0.29, 0.717) is 0 Å². The van der Waals surface area contributed by atoms with Crippen molar-refractivity contribution in [1.82, 2.24) is 44.6 Å². The van der Waals surface area contributed by atoms with Crippen molar-refractivity contribution >= 4 is 21.9 Å². The number of imidazole rings is 1. The number of hydrogen-bond donors (Lipinski definition) is 2. The lowest BCUT2D eigenvalue weighted by Gasteiger charge is -2.10. The van der Waals surface area contributed by atoms with Crippen molar-refractivity contribution in [2.45, 2.75) is 13.5 Å². The number of aromatic nitrogens is 8. The zero-order chi connectivity index (χ0) is 23.2. The van der Waals surface area contributed by atoms with Crippen LogP contribution in [0.4, 0.5) is 0 Å². The highest BCUT2D eigenvalue weighted by Crippen LogP contribution is 2.32. The molecule has 168 valence electrons. The minimum Gasteiger partial charge on any atom is -0.338 e. The topological polar surface area (TPSA) is 104 Å². The first-order valence-electron chi connectivity index (χ1n) is 11.0. The quantitative estimate of drug-likeness (QED) is 0.410. The van der Waals surface area contributed by atoms with Gasteiger partial charge in [0, 0.05) is 47.7 Å². The molecule has 0 aromatic carbocycles. The van der Waals surface area contributed by atoms with E-state index in [1.54, 1.807) is 6.20 Å². The van der Waals surface area contributed by atoms with Gasteiger partial charge in [0.1, 0.15) is 11.3 Å². The lowest BCUT2D eigenvalue weighted by atomic mass is 10.1. The molecule has 6 heterocycles. The molecule has 0 atom stereocenters. The van der Waals surface area contributed by atoms with Crippen LogP contribution in [-0.4, -0.2) is 58.7 Å². The SMILES string of the molecule is Cc1cn(-c2ccnc3[nH]c(-c4n[nH]c5cnc(-c6cncc(CN(C)C)c6)cc45)cc23)cn1. The summed E-state index contributed by atoms with van der Waals surface area (Å²) in [7, 11) is 4.09. The average molecular weight is 450 g/mol. The van der Waals surface area contributed by atoms with Crippen LogP contribution < -0.4 is 0 Å². The third-order valence-electron chi connectivity index (χ3n) is 5.79. The molecule has 0 radical (unpaired) electrons. The first-order valence-corrected chi connectivity index (χ1v) is 11.0. The predicted molar refractivity (Wildman–Crippen MR) is 131 cm³/mol. The minimum absolute atomic E-state index is 0.796. The highest BCUT2D eigenvalue weighted by Gasteiger charge is 2.15. The van der Waals surface area contributed by atoms with Gasteiger partial charge in [0.15, 0.2) is 0 Å². The molecule has 6 rings (SSSR count). The number of aromatic amines is 2. The number of pyridine rings is 3. The van der Waals surface area contributed by atoms with Gasteiger partial charge >= 0.3 is 0 Å². The lowest BCUT2D eigenvalue weighted by Crippen LogP contribution is -2.10. The molecule has 0 aliphatic carbocycles. The molecular weight excluding hydrogens is 426 g/mol. The van der Waals surface area contributed by atoms with Gasteiger partial charge in [0.2, 0.25) is 0 Å². The summed E-state index contributed by atoms with van der Waals surface area (Å²) in [6, 6.07) is 8.26. The maximum atomic E-state index is 4.65. The van der Waals surface area contributed by atoms with E-state index >= 15 is 0 Å². The van der Waals surface area contributed by atoms with Crippen LogP contribution in [0.1, 0.15) is 11.3 Å². The van der Waals surface area contributed by atoms with Gasteiger partial charge in [0.25, 0.3) is 0 Å². The summed E-state index contributed by atoms with van der Waals surface area (Å²) in [5.74, 6) is 0. The van der Waals surface area contributed by atoms with Gasteiger partial charge in [-0.05, 0) is 50.8 Å². The van der Waals surface area contributed by atoms with Gasteiger partial charge in [-0.3, -0.25) is 15.1 Å². The van der Waals surface area contributed by atoms with Crippen molar-refractivity contribution in [2.75, 3.05) is 14.1 Å². The Morgan fingerprint density at radius 1 is 1.00 bits per heavy atom. The van der Waals surface area contributed by atoms with Gasteiger partial charge in [-0.25, -0.2) is 9.97 Å². The number of nitrogens with zero attached hydrogens (tertiary/aromatic N) is 7. The zero-order valence-electron chi connectivity index (χ0n) is 19.1. The summed E-state index contributed by atoms with van der Waals surface area (Å²) >= 11 is 0. The third-order valence-corrected chi connectivity index (χ3v) is 5.79. The van der Waals surface area contributed by atoms with E-state index in [4.69, 9.17) is 0 Å². The molecule has 0 saturated carbocycles. The second-order valence-electron chi connectivity index (χ2n) is 8.70. The molecule has 0 bridgehead atoms. The molecule has 9 heteroatoms.